The molecule has 0 aliphatic heterocycles. The van der Waals surface area contributed by atoms with Crippen molar-refractivity contribution in [3.8, 4) is 6.07 Å². The topological polar surface area (TPSA) is 70.3 Å². The van der Waals surface area contributed by atoms with Crippen LogP contribution in [0.2, 0.25) is 0 Å². The lowest BCUT2D eigenvalue weighted by atomic mass is 10.2. The Kier molecular flexibility index (Phi) is 4.25. The molecule has 0 saturated heterocycles. The summed E-state index contributed by atoms with van der Waals surface area (Å²) >= 11 is 0. The van der Waals surface area contributed by atoms with Gasteiger partial charge in [0, 0.05) is 0 Å². The molecule has 0 aromatic carbocycles. The first-order valence-corrected chi connectivity index (χ1v) is 2.86. The summed E-state index contributed by atoms with van der Waals surface area (Å²) in [6.45, 7) is 1.52. The largest absolute Gasteiger partial charge is 0.480 e. The molecule has 0 aromatic rings. The van der Waals surface area contributed by atoms with Gasteiger partial charge in [-0.1, -0.05) is 0 Å². The molecular weight excluding hydrogens is 134 g/mol. The van der Waals surface area contributed by atoms with E-state index in [-0.39, 0.29) is 19.1 Å². The Balaban J connectivity index is 3.22. The quantitative estimate of drug-likeness (QED) is 0.612. The number of ether oxygens (including phenoxy) is 1. The highest BCUT2D eigenvalue weighted by Crippen LogP contribution is 1.91. The van der Waals surface area contributed by atoms with E-state index in [1.807, 2.05) is 6.07 Å². The summed E-state index contributed by atoms with van der Waals surface area (Å²) in [5, 5.41) is 16.3. The van der Waals surface area contributed by atoms with Crippen LogP contribution in [0.1, 0.15) is 6.92 Å². The molecule has 0 aromatic heterocycles. The van der Waals surface area contributed by atoms with Crippen molar-refractivity contribution in [1.29, 1.82) is 5.26 Å². The summed E-state index contributed by atoms with van der Waals surface area (Å²) in [7, 11) is 0. The van der Waals surface area contributed by atoms with Crippen molar-refractivity contribution in [2.24, 2.45) is 5.92 Å². The van der Waals surface area contributed by atoms with Gasteiger partial charge in [0.2, 0.25) is 0 Å². The van der Waals surface area contributed by atoms with Crippen molar-refractivity contribution in [2.75, 3.05) is 13.2 Å². The van der Waals surface area contributed by atoms with E-state index in [0.717, 1.165) is 0 Å². The van der Waals surface area contributed by atoms with Gasteiger partial charge in [-0.3, -0.25) is 0 Å². The first-order chi connectivity index (χ1) is 4.66. The Hall–Kier alpha value is -1.08. The molecule has 0 rings (SSSR count). The van der Waals surface area contributed by atoms with Crippen molar-refractivity contribution in [3.05, 3.63) is 0 Å². The Bertz CT molecular complexity index is 150. The summed E-state index contributed by atoms with van der Waals surface area (Å²) in [5.74, 6) is -1.25. The monoisotopic (exact) mass is 143 g/mol. The molecule has 0 radical (unpaired) electrons. The Morgan fingerprint density at radius 2 is 2.50 bits per heavy atom. The van der Waals surface area contributed by atoms with Crippen molar-refractivity contribution in [2.45, 2.75) is 6.92 Å². The second kappa shape index (κ2) is 4.77. The number of carbonyl (C=O) groups is 1. The maximum Gasteiger partial charge on any atom is 0.329 e. The lowest BCUT2D eigenvalue weighted by Crippen LogP contribution is -2.11. The van der Waals surface area contributed by atoms with Crippen molar-refractivity contribution in [1.82, 2.24) is 0 Å². The highest BCUT2D eigenvalue weighted by molar-refractivity contribution is 5.67. The molecule has 1 N–H and O–H groups in total. The van der Waals surface area contributed by atoms with Crippen LogP contribution in [0.15, 0.2) is 0 Å². The molecular formula is C6H9NO3. The van der Waals surface area contributed by atoms with Gasteiger partial charge in [-0.2, -0.15) is 5.26 Å². The van der Waals surface area contributed by atoms with Gasteiger partial charge in [0.25, 0.3) is 0 Å². The predicted octanol–water partition coefficient (Wildman–Crippen LogP) is 0.247. The van der Waals surface area contributed by atoms with E-state index in [4.69, 9.17) is 10.4 Å². The minimum absolute atomic E-state index is 0.183. The van der Waals surface area contributed by atoms with Gasteiger partial charge in [0.05, 0.1) is 18.6 Å². The van der Waals surface area contributed by atoms with Crippen LogP contribution in [-0.4, -0.2) is 24.3 Å². The van der Waals surface area contributed by atoms with Crippen LogP contribution in [0.4, 0.5) is 0 Å². The minimum Gasteiger partial charge on any atom is -0.480 e. The van der Waals surface area contributed by atoms with E-state index in [0.29, 0.717) is 0 Å². The van der Waals surface area contributed by atoms with Gasteiger partial charge in [-0.25, -0.2) is 4.79 Å². The summed E-state index contributed by atoms with van der Waals surface area (Å²) in [6, 6.07) is 1.92. The Morgan fingerprint density at radius 3 is 2.90 bits per heavy atom. The van der Waals surface area contributed by atoms with Crippen molar-refractivity contribution >= 4 is 5.97 Å². The molecule has 1 unspecified atom stereocenters. The fourth-order valence-electron chi connectivity index (χ4n) is 0.360. The first-order valence-electron chi connectivity index (χ1n) is 2.86. The van der Waals surface area contributed by atoms with Crippen LogP contribution in [-0.2, 0) is 9.53 Å². The predicted molar refractivity (Wildman–Crippen MR) is 33.2 cm³/mol. The molecule has 0 saturated carbocycles. The van der Waals surface area contributed by atoms with Crippen LogP contribution in [0.5, 0.6) is 0 Å². The second-order valence-corrected chi connectivity index (χ2v) is 1.94. The van der Waals surface area contributed by atoms with E-state index in [9.17, 15) is 4.79 Å². The SMILES string of the molecule is CC(C#N)COCC(=O)O. The second-order valence-electron chi connectivity index (χ2n) is 1.94. The molecule has 0 aliphatic carbocycles. The zero-order chi connectivity index (χ0) is 7.98. The summed E-state index contributed by atoms with van der Waals surface area (Å²) in [5.41, 5.74) is 0. The number of carboxylic acid groups (broad SMARTS) is 1. The highest BCUT2D eigenvalue weighted by Gasteiger charge is 2.00. The lowest BCUT2D eigenvalue weighted by Gasteiger charge is -2.00. The Morgan fingerprint density at radius 1 is 1.90 bits per heavy atom. The highest BCUT2D eigenvalue weighted by atomic mass is 16.5. The maximum atomic E-state index is 9.86. The van der Waals surface area contributed by atoms with Crippen molar-refractivity contribution in [3.63, 3.8) is 0 Å². The summed E-state index contributed by atoms with van der Waals surface area (Å²) in [6.07, 6.45) is 0. The standard InChI is InChI=1S/C6H9NO3/c1-5(2-7)3-10-4-6(8)9/h5H,3-4H2,1H3,(H,8,9). The number of aliphatic carboxylic acids is 1. The average molecular weight is 143 g/mol. The number of nitrogens with zero attached hydrogens (tertiary/aromatic N) is 1. The summed E-state index contributed by atoms with van der Waals surface area (Å²) < 4.78 is 4.63. The van der Waals surface area contributed by atoms with Crippen LogP contribution < -0.4 is 0 Å². The Labute approximate surface area is 59.0 Å². The number of hydrogen-bond acceptors (Lipinski definition) is 3. The number of rotatable bonds is 4. The molecule has 4 nitrogen and oxygen atoms in total. The van der Waals surface area contributed by atoms with E-state index in [1.165, 1.54) is 0 Å². The van der Waals surface area contributed by atoms with Gasteiger partial charge in [-0.15, -0.1) is 0 Å². The fourth-order valence-corrected chi connectivity index (χ4v) is 0.360. The van der Waals surface area contributed by atoms with Crippen molar-refractivity contribution < 1.29 is 14.6 Å². The van der Waals surface area contributed by atoms with E-state index in [1.54, 1.807) is 6.92 Å². The molecule has 0 aliphatic rings. The smallest absolute Gasteiger partial charge is 0.329 e. The molecule has 0 fully saturated rings. The normalized spacial score (nSPS) is 12.0. The maximum absolute atomic E-state index is 9.86. The third kappa shape index (κ3) is 5.06. The number of hydrogen-bond donors (Lipinski definition) is 1. The first kappa shape index (κ1) is 8.92. The van der Waals surface area contributed by atoms with Gasteiger partial charge >= 0.3 is 5.97 Å². The zero-order valence-corrected chi connectivity index (χ0v) is 5.70. The molecule has 0 heterocycles. The molecule has 0 amide bonds. The van der Waals surface area contributed by atoms with Gasteiger partial charge in [0.1, 0.15) is 6.61 Å². The van der Waals surface area contributed by atoms with E-state index < -0.39 is 5.97 Å². The van der Waals surface area contributed by atoms with Gasteiger partial charge < -0.3 is 9.84 Å². The average Bonchev–Trinajstić information content (AvgIpc) is 1.87. The van der Waals surface area contributed by atoms with Crippen LogP contribution in [0.25, 0.3) is 0 Å². The third-order valence-electron chi connectivity index (χ3n) is 0.814. The molecule has 4 heteroatoms. The van der Waals surface area contributed by atoms with Crippen LogP contribution in [0.3, 0.4) is 0 Å². The minimum atomic E-state index is -1.01. The zero-order valence-electron chi connectivity index (χ0n) is 5.70. The molecule has 56 valence electrons. The van der Waals surface area contributed by atoms with E-state index >= 15 is 0 Å². The lowest BCUT2D eigenvalue weighted by molar-refractivity contribution is -0.142. The van der Waals surface area contributed by atoms with Gasteiger partial charge in [0.15, 0.2) is 0 Å². The molecule has 1 atom stereocenters. The molecule has 0 bridgehead atoms. The fraction of sp³-hybridized carbons (Fsp3) is 0.667. The van der Waals surface area contributed by atoms with Crippen LogP contribution in [0, 0.1) is 17.2 Å². The summed E-state index contributed by atoms with van der Waals surface area (Å²) in [4.78, 5) is 9.86. The number of nitriles is 1. The molecule has 0 spiro atoms. The third-order valence-corrected chi connectivity index (χ3v) is 0.814. The van der Waals surface area contributed by atoms with E-state index in [2.05, 4.69) is 4.74 Å². The number of carboxylic acids is 1. The van der Waals surface area contributed by atoms with Gasteiger partial charge in [-0.05, 0) is 6.92 Å². The van der Waals surface area contributed by atoms with Crippen LogP contribution >= 0.6 is 0 Å². The molecule has 10 heavy (non-hydrogen) atoms.